The Morgan fingerprint density at radius 2 is 2.33 bits per heavy atom. The van der Waals surface area contributed by atoms with Gasteiger partial charge in [0, 0.05) is 38.6 Å². The first kappa shape index (κ1) is 15.2. The first-order valence-electron chi connectivity index (χ1n) is 6.56. The number of thiazole rings is 1. The topological polar surface area (TPSA) is 67.4 Å². The summed E-state index contributed by atoms with van der Waals surface area (Å²) in [6.07, 6.45) is 4.09. The van der Waals surface area contributed by atoms with Crippen molar-refractivity contribution < 1.29 is 9.53 Å². The molecule has 0 atom stereocenters. The van der Waals surface area contributed by atoms with Crippen LogP contribution in [0.15, 0.2) is 29.9 Å². The van der Waals surface area contributed by atoms with Crippen LogP contribution in [0, 0.1) is 0 Å². The highest BCUT2D eigenvalue weighted by Crippen LogP contribution is 2.14. The summed E-state index contributed by atoms with van der Waals surface area (Å²) in [5, 5.41) is 5.71. The maximum absolute atomic E-state index is 11.4. The third-order valence-electron chi connectivity index (χ3n) is 2.66. The third kappa shape index (κ3) is 5.03. The largest absolute Gasteiger partial charge is 0.485 e. The predicted octanol–water partition coefficient (Wildman–Crippen LogP) is 1.93. The molecule has 0 aliphatic carbocycles. The minimum Gasteiger partial charge on any atom is -0.485 e. The third-order valence-corrected chi connectivity index (χ3v) is 3.53. The van der Waals surface area contributed by atoms with Gasteiger partial charge < -0.3 is 15.0 Å². The maximum atomic E-state index is 11.4. The van der Waals surface area contributed by atoms with Gasteiger partial charge in [0.1, 0.15) is 17.4 Å². The van der Waals surface area contributed by atoms with Crippen LogP contribution in [0.25, 0.3) is 0 Å². The van der Waals surface area contributed by atoms with E-state index in [9.17, 15) is 4.79 Å². The van der Waals surface area contributed by atoms with Gasteiger partial charge in [-0.3, -0.25) is 4.98 Å². The number of rotatable bonds is 6. The van der Waals surface area contributed by atoms with Crippen molar-refractivity contribution in [1.82, 2.24) is 20.2 Å². The van der Waals surface area contributed by atoms with Crippen molar-refractivity contribution in [3.8, 4) is 5.75 Å². The van der Waals surface area contributed by atoms with E-state index < -0.39 is 0 Å². The fraction of sp³-hybridized carbons (Fsp3) is 0.357. The molecule has 1 N–H and O–H groups in total. The molecule has 0 saturated carbocycles. The molecule has 0 spiro atoms. The number of hydrogen-bond donors (Lipinski definition) is 1. The Balaban J connectivity index is 1.75. The zero-order valence-corrected chi connectivity index (χ0v) is 12.9. The summed E-state index contributed by atoms with van der Waals surface area (Å²) in [7, 11) is 3.43. The van der Waals surface area contributed by atoms with Gasteiger partial charge in [0.25, 0.3) is 0 Å². The number of hydrogen-bond acceptors (Lipinski definition) is 5. The molecular weight excluding hydrogens is 288 g/mol. The monoisotopic (exact) mass is 306 g/mol. The molecule has 21 heavy (non-hydrogen) atoms. The average Bonchev–Trinajstić information content (AvgIpc) is 2.94. The summed E-state index contributed by atoms with van der Waals surface area (Å²) < 4.78 is 5.59. The minimum atomic E-state index is -0.0923. The van der Waals surface area contributed by atoms with Gasteiger partial charge in [-0.15, -0.1) is 11.3 Å². The lowest BCUT2D eigenvalue weighted by atomic mass is 10.3. The molecule has 0 unspecified atom stereocenters. The number of ether oxygens (including phenoxy) is 1. The number of nitrogens with one attached hydrogen (secondary N) is 1. The molecular formula is C14H18N4O2S. The highest BCUT2D eigenvalue weighted by molar-refractivity contribution is 7.09. The quantitative estimate of drug-likeness (QED) is 0.885. The Kier molecular flexibility index (Phi) is 5.51. The van der Waals surface area contributed by atoms with E-state index in [-0.39, 0.29) is 6.03 Å². The van der Waals surface area contributed by atoms with Crippen LogP contribution in [0.5, 0.6) is 5.75 Å². The molecule has 2 aromatic rings. The van der Waals surface area contributed by atoms with Gasteiger partial charge in [-0.1, -0.05) is 0 Å². The number of nitrogens with zero attached hydrogens (tertiary/aromatic N) is 3. The molecule has 2 rings (SSSR count). The van der Waals surface area contributed by atoms with Gasteiger partial charge in [0.15, 0.2) is 0 Å². The van der Waals surface area contributed by atoms with Gasteiger partial charge in [0.2, 0.25) is 0 Å². The molecule has 2 aromatic heterocycles. The van der Waals surface area contributed by atoms with E-state index in [1.807, 2.05) is 17.5 Å². The molecule has 112 valence electrons. The van der Waals surface area contributed by atoms with Gasteiger partial charge in [-0.2, -0.15) is 0 Å². The SMILES string of the molecule is CN(C)C(=O)NCCc1csc(COc2cccnc2)n1. The molecule has 0 aliphatic heterocycles. The molecule has 0 radical (unpaired) electrons. The second kappa shape index (κ2) is 7.58. The predicted molar refractivity (Wildman–Crippen MR) is 81.5 cm³/mol. The lowest BCUT2D eigenvalue weighted by Gasteiger charge is -2.10. The standard InChI is InChI=1S/C14H18N4O2S/c1-18(2)14(19)16-7-5-11-10-21-13(17-11)9-20-12-4-3-6-15-8-12/h3-4,6,8,10H,5,7,9H2,1-2H3,(H,16,19). The van der Waals surface area contributed by atoms with Gasteiger partial charge in [-0.05, 0) is 12.1 Å². The van der Waals surface area contributed by atoms with Crippen LogP contribution < -0.4 is 10.1 Å². The van der Waals surface area contributed by atoms with E-state index in [1.54, 1.807) is 37.8 Å². The van der Waals surface area contributed by atoms with E-state index in [2.05, 4.69) is 15.3 Å². The Labute approximate surface area is 127 Å². The molecule has 6 nitrogen and oxygen atoms in total. The summed E-state index contributed by atoms with van der Waals surface area (Å²) in [6, 6.07) is 3.60. The number of aromatic nitrogens is 2. The molecule has 0 saturated heterocycles. The second-order valence-electron chi connectivity index (χ2n) is 4.59. The van der Waals surface area contributed by atoms with Crippen molar-refractivity contribution in [3.05, 3.63) is 40.6 Å². The highest BCUT2D eigenvalue weighted by atomic mass is 32.1. The summed E-state index contributed by atoms with van der Waals surface area (Å²) in [6.45, 7) is 1.00. The van der Waals surface area contributed by atoms with Crippen molar-refractivity contribution >= 4 is 17.4 Å². The summed E-state index contributed by atoms with van der Waals surface area (Å²) in [5.74, 6) is 0.729. The van der Waals surface area contributed by atoms with Crippen LogP contribution in [0.1, 0.15) is 10.7 Å². The Bertz CT molecular complexity index is 571. The Morgan fingerprint density at radius 3 is 3.05 bits per heavy atom. The van der Waals surface area contributed by atoms with Gasteiger partial charge >= 0.3 is 6.03 Å². The van der Waals surface area contributed by atoms with Crippen LogP contribution >= 0.6 is 11.3 Å². The first-order chi connectivity index (χ1) is 10.1. The van der Waals surface area contributed by atoms with Crippen molar-refractivity contribution in [2.45, 2.75) is 13.0 Å². The van der Waals surface area contributed by atoms with E-state index in [1.165, 1.54) is 4.90 Å². The molecule has 0 aromatic carbocycles. The van der Waals surface area contributed by atoms with Crippen molar-refractivity contribution in [1.29, 1.82) is 0 Å². The summed E-state index contributed by atoms with van der Waals surface area (Å²) in [5.41, 5.74) is 0.962. The first-order valence-corrected chi connectivity index (χ1v) is 7.44. The number of pyridine rings is 1. The van der Waals surface area contributed by atoms with E-state index >= 15 is 0 Å². The Hall–Kier alpha value is -2.15. The maximum Gasteiger partial charge on any atom is 0.316 e. The average molecular weight is 306 g/mol. The number of carbonyl (C=O) groups excluding carboxylic acids is 1. The highest BCUT2D eigenvalue weighted by Gasteiger charge is 2.05. The Morgan fingerprint density at radius 1 is 1.48 bits per heavy atom. The lowest BCUT2D eigenvalue weighted by Crippen LogP contribution is -2.35. The second-order valence-corrected chi connectivity index (χ2v) is 5.53. The molecule has 0 bridgehead atoms. The fourth-order valence-corrected chi connectivity index (χ4v) is 2.30. The van der Waals surface area contributed by atoms with E-state index in [0.29, 0.717) is 19.6 Å². The number of carbonyl (C=O) groups is 1. The van der Waals surface area contributed by atoms with E-state index in [4.69, 9.17) is 4.74 Å². The van der Waals surface area contributed by atoms with Crippen LogP contribution in [-0.2, 0) is 13.0 Å². The van der Waals surface area contributed by atoms with E-state index in [0.717, 1.165) is 16.5 Å². The van der Waals surface area contributed by atoms with Gasteiger partial charge in [-0.25, -0.2) is 9.78 Å². The zero-order chi connectivity index (χ0) is 15.1. The normalized spacial score (nSPS) is 10.2. The van der Waals surface area contributed by atoms with Crippen LogP contribution in [0.4, 0.5) is 4.79 Å². The molecule has 7 heteroatoms. The lowest BCUT2D eigenvalue weighted by molar-refractivity contribution is 0.217. The van der Waals surface area contributed by atoms with Gasteiger partial charge in [0.05, 0.1) is 11.9 Å². The molecule has 0 fully saturated rings. The smallest absolute Gasteiger partial charge is 0.316 e. The summed E-state index contributed by atoms with van der Waals surface area (Å²) in [4.78, 5) is 21.3. The van der Waals surface area contributed by atoms with Crippen LogP contribution in [-0.4, -0.2) is 41.5 Å². The molecule has 2 heterocycles. The molecule has 2 amide bonds. The number of amides is 2. The zero-order valence-electron chi connectivity index (χ0n) is 12.1. The van der Waals surface area contributed by atoms with Crippen LogP contribution in [0.2, 0.25) is 0 Å². The van der Waals surface area contributed by atoms with Crippen molar-refractivity contribution in [2.24, 2.45) is 0 Å². The summed E-state index contributed by atoms with van der Waals surface area (Å²) >= 11 is 1.55. The van der Waals surface area contributed by atoms with Crippen molar-refractivity contribution in [2.75, 3.05) is 20.6 Å². The molecule has 0 aliphatic rings. The minimum absolute atomic E-state index is 0.0923. The number of urea groups is 1. The fourth-order valence-electron chi connectivity index (χ4n) is 1.56. The van der Waals surface area contributed by atoms with Crippen LogP contribution in [0.3, 0.4) is 0 Å². The van der Waals surface area contributed by atoms with Crippen molar-refractivity contribution in [3.63, 3.8) is 0 Å².